The summed E-state index contributed by atoms with van der Waals surface area (Å²) in [7, 11) is 0. The van der Waals surface area contributed by atoms with Crippen LogP contribution in [0.4, 0.5) is 0 Å². The number of rotatable bonds is 8. The number of aromatic nitrogens is 2. The number of nitrogens with zero attached hydrogens (tertiary/aromatic N) is 2. The summed E-state index contributed by atoms with van der Waals surface area (Å²) in [6, 6.07) is 0.661. The number of unbranched alkanes of at least 4 members (excludes halogenated alkanes) is 1. The molecule has 18 heavy (non-hydrogen) atoms. The maximum atomic E-state index is 11.7. The quantitative estimate of drug-likeness (QED) is 0.678. The molecule has 1 aliphatic rings. The van der Waals surface area contributed by atoms with Crippen LogP contribution in [0.1, 0.15) is 38.4 Å². The van der Waals surface area contributed by atoms with Crippen LogP contribution in [0.15, 0.2) is 12.4 Å². The van der Waals surface area contributed by atoms with Crippen LogP contribution in [-0.2, 0) is 17.9 Å². The molecule has 100 valence electrons. The minimum atomic E-state index is 0.0640. The van der Waals surface area contributed by atoms with Gasteiger partial charge in [-0.3, -0.25) is 4.79 Å². The second kappa shape index (κ2) is 6.54. The average molecular weight is 250 g/mol. The molecule has 1 aromatic rings. The van der Waals surface area contributed by atoms with E-state index < -0.39 is 0 Å². The molecule has 0 unspecified atom stereocenters. The molecule has 0 radical (unpaired) electrons. The first kappa shape index (κ1) is 13.1. The lowest BCUT2D eigenvalue weighted by Crippen LogP contribution is -2.29. The number of imidazole rings is 1. The average Bonchev–Trinajstić information content (AvgIpc) is 3.08. The summed E-state index contributed by atoms with van der Waals surface area (Å²) in [4.78, 5) is 16.0. The van der Waals surface area contributed by atoms with Gasteiger partial charge in [-0.25, -0.2) is 4.98 Å². The summed E-state index contributed by atoms with van der Waals surface area (Å²) >= 11 is 0. The summed E-state index contributed by atoms with van der Waals surface area (Å²) in [5.74, 6) is 1.00. The highest BCUT2D eigenvalue weighted by Gasteiger charge is 2.20. The van der Waals surface area contributed by atoms with E-state index in [1.165, 1.54) is 12.8 Å². The van der Waals surface area contributed by atoms with Gasteiger partial charge >= 0.3 is 0 Å². The molecule has 5 heteroatoms. The van der Waals surface area contributed by atoms with E-state index in [9.17, 15) is 4.79 Å². The lowest BCUT2D eigenvalue weighted by Gasteiger charge is -2.09. The molecular weight excluding hydrogens is 228 g/mol. The van der Waals surface area contributed by atoms with Gasteiger partial charge < -0.3 is 15.2 Å². The first-order valence-electron chi connectivity index (χ1n) is 6.79. The SMILES string of the molecule is CCCCNC(=O)Cn1ccnc1CNC1CC1. The highest BCUT2D eigenvalue weighted by Crippen LogP contribution is 2.18. The summed E-state index contributed by atoms with van der Waals surface area (Å²) < 4.78 is 1.91. The number of hydrogen-bond acceptors (Lipinski definition) is 3. The van der Waals surface area contributed by atoms with Gasteiger partial charge in [-0.2, -0.15) is 0 Å². The molecule has 1 amide bonds. The predicted octanol–water partition coefficient (Wildman–Crippen LogP) is 1.05. The van der Waals surface area contributed by atoms with Crippen molar-refractivity contribution < 1.29 is 4.79 Å². The maximum Gasteiger partial charge on any atom is 0.239 e. The smallest absolute Gasteiger partial charge is 0.239 e. The van der Waals surface area contributed by atoms with Gasteiger partial charge in [0.1, 0.15) is 12.4 Å². The van der Waals surface area contributed by atoms with Crippen LogP contribution < -0.4 is 10.6 Å². The Morgan fingerprint density at radius 1 is 1.56 bits per heavy atom. The van der Waals surface area contributed by atoms with Crippen LogP contribution in [0.5, 0.6) is 0 Å². The standard InChI is InChI=1S/C13H22N4O/c1-2-3-6-15-13(18)10-17-8-7-14-12(17)9-16-11-4-5-11/h7-8,11,16H,2-6,9-10H2,1H3,(H,15,18). The Kier molecular flexibility index (Phi) is 4.75. The first-order chi connectivity index (χ1) is 8.79. The van der Waals surface area contributed by atoms with E-state index in [0.29, 0.717) is 12.6 Å². The van der Waals surface area contributed by atoms with Crippen molar-refractivity contribution in [1.82, 2.24) is 20.2 Å². The van der Waals surface area contributed by atoms with E-state index in [4.69, 9.17) is 0 Å². The highest BCUT2D eigenvalue weighted by atomic mass is 16.1. The summed E-state index contributed by atoms with van der Waals surface area (Å²) in [6.45, 7) is 3.99. The van der Waals surface area contributed by atoms with Crippen molar-refractivity contribution in [2.24, 2.45) is 0 Å². The molecule has 5 nitrogen and oxygen atoms in total. The van der Waals surface area contributed by atoms with Crippen molar-refractivity contribution >= 4 is 5.91 Å². The van der Waals surface area contributed by atoms with Gasteiger partial charge in [0.15, 0.2) is 0 Å². The molecule has 0 atom stereocenters. The van der Waals surface area contributed by atoms with Crippen LogP contribution >= 0.6 is 0 Å². The van der Waals surface area contributed by atoms with Gasteiger partial charge in [0.25, 0.3) is 0 Å². The summed E-state index contributed by atoms with van der Waals surface area (Å²) in [5, 5.41) is 6.33. The van der Waals surface area contributed by atoms with Gasteiger partial charge in [-0.15, -0.1) is 0 Å². The van der Waals surface area contributed by atoms with Crippen molar-refractivity contribution in [2.45, 2.75) is 51.7 Å². The molecule has 1 aromatic heterocycles. The molecule has 0 bridgehead atoms. The largest absolute Gasteiger partial charge is 0.355 e. The number of carbonyl (C=O) groups excluding carboxylic acids is 1. The Hall–Kier alpha value is -1.36. The van der Waals surface area contributed by atoms with Crippen molar-refractivity contribution in [3.8, 4) is 0 Å². The molecule has 0 aromatic carbocycles. The minimum Gasteiger partial charge on any atom is -0.355 e. The molecule has 0 spiro atoms. The van der Waals surface area contributed by atoms with Gasteiger partial charge in [-0.05, 0) is 19.3 Å². The van der Waals surface area contributed by atoms with Crippen LogP contribution in [0, 0.1) is 0 Å². The Morgan fingerprint density at radius 2 is 2.39 bits per heavy atom. The Morgan fingerprint density at radius 3 is 3.11 bits per heavy atom. The van der Waals surface area contributed by atoms with E-state index in [-0.39, 0.29) is 5.91 Å². The number of hydrogen-bond donors (Lipinski definition) is 2. The maximum absolute atomic E-state index is 11.7. The second-order valence-corrected chi connectivity index (χ2v) is 4.83. The van der Waals surface area contributed by atoms with Gasteiger partial charge in [0.2, 0.25) is 5.91 Å². The molecular formula is C13H22N4O. The lowest BCUT2D eigenvalue weighted by atomic mass is 10.3. The Balaban J connectivity index is 1.76. The third-order valence-corrected chi connectivity index (χ3v) is 3.09. The zero-order valence-corrected chi connectivity index (χ0v) is 11.0. The Labute approximate surface area is 108 Å². The van der Waals surface area contributed by atoms with E-state index in [1.54, 1.807) is 6.20 Å². The predicted molar refractivity (Wildman–Crippen MR) is 70.0 cm³/mol. The molecule has 2 rings (SSSR count). The van der Waals surface area contributed by atoms with E-state index in [1.807, 2.05) is 10.8 Å². The van der Waals surface area contributed by atoms with Crippen molar-refractivity contribution in [3.05, 3.63) is 18.2 Å². The minimum absolute atomic E-state index is 0.0640. The van der Waals surface area contributed by atoms with Crippen LogP contribution in [-0.4, -0.2) is 28.0 Å². The molecule has 1 fully saturated rings. The number of nitrogens with one attached hydrogen (secondary N) is 2. The fourth-order valence-corrected chi connectivity index (χ4v) is 1.79. The summed E-state index contributed by atoms with van der Waals surface area (Å²) in [6.07, 6.45) is 8.27. The molecule has 2 N–H and O–H groups in total. The molecule has 1 heterocycles. The van der Waals surface area contributed by atoms with E-state index in [0.717, 1.165) is 31.8 Å². The van der Waals surface area contributed by atoms with Crippen LogP contribution in [0.2, 0.25) is 0 Å². The molecule has 1 aliphatic carbocycles. The zero-order chi connectivity index (χ0) is 12.8. The molecule has 0 aliphatic heterocycles. The topological polar surface area (TPSA) is 59.0 Å². The monoisotopic (exact) mass is 250 g/mol. The van der Waals surface area contributed by atoms with Crippen molar-refractivity contribution in [2.75, 3.05) is 6.54 Å². The van der Waals surface area contributed by atoms with Crippen molar-refractivity contribution in [1.29, 1.82) is 0 Å². The Bertz CT molecular complexity index is 384. The highest BCUT2D eigenvalue weighted by molar-refractivity contribution is 5.75. The van der Waals surface area contributed by atoms with Gasteiger partial charge in [-0.1, -0.05) is 13.3 Å². The van der Waals surface area contributed by atoms with Gasteiger partial charge in [0, 0.05) is 25.0 Å². The first-order valence-corrected chi connectivity index (χ1v) is 6.79. The zero-order valence-electron chi connectivity index (χ0n) is 11.0. The lowest BCUT2D eigenvalue weighted by molar-refractivity contribution is -0.121. The molecule has 0 saturated heterocycles. The second-order valence-electron chi connectivity index (χ2n) is 4.83. The van der Waals surface area contributed by atoms with Crippen molar-refractivity contribution in [3.63, 3.8) is 0 Å². The third kappa shape index (κ3) is 4.14. The normalized spacial score (nSPS) is 14.7. The van der Waals surface area contributed by atoms with E-state index >= 15 is 0 Å². The molecule has 1 saturated carbocycles. The van der Waals surface area contributed by atoms with Crippen LogP contribution in [0.25, 0.3) is 0 Å². The number of carbonyl (C=O) groups is 1. The fourth-order valence-electron chi connectivity index (χ4n) is 1.79. The third-order valence-electron chi connectivity index (χ3n) is 3.09. The summed E-state index contributed by atoms with van der Waals surface area (Å²) in [5.41, 5.74) is 0. The van der Waals surface area contributed by atoms with Crippen LogP contribution in [0.3, 0.4) is 0 Å². The van der Waals surface area contributed by atoms with Gasteiger partial charge in [0.05, 0.1) is 6.54 Å². The number of amides is 1. The fraction of sp³-hybridized carbons (Fsp3) is 0.692. The van der Waals surface area contributed by atoms with E-state index in [2.05, 4.69) is 22.5 Å².